The Balaban J connectivity index is 3.60. The molecule has 0 aliphatic carbocycles. The van der Waals surface area contributed by atoms with Crippen LogP contribution in [0, 0.1) is 0 Å². The number of hydrogen-bond donors (Lipinski definition) is 2. The zero-order valence-electron chi connectivity index (χ0n) is 48.0. The second kappa shape index (κ2) is 59.0. The molecule has 0 aliphatic rings. The molecule has 0 aromatic heterocycles. The first-order valence-corrected chi connectivity index (χ1v) is 33.2. The van der Waals surface area contributed by atoms with Gasteiger partial charge in [-0.05, 0) is 32.1 Å². The Bertz CT molecular complexity index is 1190. The lowest BCUT2D eigenvalue weighted by molar-refractivity contribution is -0.161. The van der Waals surface area contributed by atoms with Gasteiger partial charge >= 0.3 is 19.8 Å². The summed E-state index contributed by atoms with van der Waals surface area (Å²) in [5.41, 5.74) is 5.36. The van der Waals surface area contributed by atoms with Gasteiger partial charge in [0.15, 0.2) is 6.10 Å². The van der Waals surface area contributed by atoms with Crippen molar-refractivity contribution in [3.05, 3.63) is 12.2 Å². The number of esters is 2. The minimum absolute atomic E-state index is 0.0549. The second-order valence-electron chi connectivity index (χ2n) is 21.6. The van der Waals surface area contributed by atoms with Gasteiger partial charge in [-0.3, -0.25) is 18.6 Å². The molecular weight excluding hydrogens is 918 g/mol. The number of hydrogen-bond acceptors (Lipinski definition) is 8. The van der Waals surface area contributed by atoms with Crippen LogP contribution in [-0.4, -0.2) is 49.3 Å². The van der Waals surface area contributed by atoms with Crippen molar-refractivity contribution in [2.75, 3.05) is 26.4 Å². The highest BCUT2D eigenvalue weighted by atomic mass is 31.2. The average Bonchev–Trinajstić information content (AvgIpc) is 3.37. The molecule has 0 bridgehead atoms. The third kappa shape index (κ3) is 58.0. The molecule has 0 saturated heterocycles. The van der Waals surface area contributed by atoms with Gasteiger partial charge in [-0.15, -0.1) is 0 Å². The van der Waals surface area contributed by atoms with E-state index in [0.717, 1.165) is 57.8 Å². The highest BCUT2D eigenvalue weighted by Crippen LogP contribution is 2.43. The van der Waals surface area contributed by atoms with Gasteiger partial charge in [-0.2, -0.15) is 0 Å². The molecule has 2 unspecified atom stereocenters. The zero-order chi connectivity index (χ0) is 52.4. The standard InChI is InChI=1S/C62H122NO8P/c1-3-5-7-9-11-13-15-16-17-18-19-20-21-22-23-24-25-26-27-28-29-30-31-32-33-34-35-36-37-38-39-40-41-42-43-44-45-47-48-50-52-54-61(64)68-58-60(59-70-72(66,67)69-57-56-63)71-62(65)55-53-51-49-46-14-12-10-8-6-4-2/h8,10,60H,3-7,9,11-59,63H2,1-2H3,(H,66,67)/b10-8-. The number of ether oxygens (including phenoxy) is 2. The molecule has 0 aromatic carbocycles. The monoisotopic (exact) mass is 1040 g/mol. The van der Waals surface area contributed by atoms with E-state index in [9.17, 15) is 19.0 Å². The minimum Gasteiger partial charge on any atom is -0.462 e. The summed E-state index contributed by atoms with van der Waals surface area (Å²) in [6.45, 7) is 3.71. The summed E-state index contributed by atoms with van der Waals surface area (Å²) in [5.74, 6) is -0.825. The Labute approximate surface area is 447 Å². The molecule has 0 spiro atoms. The van der Waals surface area contributed by atoms with Crippen LogP contribution >= 0.6 is 7.82 Å². The third-order valence-corrected chi connectivity index (χ3v) is 15.4. The minimum atomic E-state index is -4.38. The van der Waals surface area contributed by atoms with Gasteiger partial charge in [-0.25, -0.2) is 4.57 Å². The molecule has 0 rings (SSSR count). The van der Waals surface area contributed by atoms with Crippen molar-refractivity contribution in [2.24, 2.45) is 5.73 Å². The van der Waals surface area contributed by atoms with Crippen LogP contribution < -0.4 is 5.73 Å². The molecule has 0 aliphatic heterocycles. The smallest absolute Gasteiger partial charge is 0.462 e. The number of phosphoric acid groups is 1. The Kier molecular flexibility index (Phi) is 58.0. The predicted molar refractivity (Wildman–Crippen MR) is 308 cm³/mol. The summed E-state index contributed by atoms with van der Waals surface area (Å²) in [6.07, 6.45) is 69.3. The predicted octanol–water partition coefficient (Wildman–Crippen LogP) is 20.0. The van der Waals surface area contributed by atoms with E-state index in [1.807, 2.05) is 0 Å². The maximum Gasteiger partial charge on any atom is 0.472 e. The Morgan fingerprint density at radius 1 is 0.403 bits per heavy atom. The van der Waals surface area contributed by atoms with E-state index in [2.05, 4.69) is 26.0 Å². The quantitative estimate of drug-likeness (QED) is 0.0264. The molecule has 2 atom stereocenters. The van der Waals surface area contributed by atoms with E-state index < -0.39 is 26.5 Å². The van der Waals surface area contributed by atoms with Gasteiger partial charge in [0, 0.05) is 19.4 Å². The maximum absolute atomic E-state index is 12.6. The lowest BCUT2D eigenvalue weighted by Gasteiger charge is -2.19. The lowest BCUT2D eigenvalue weighted by atomic mass is 10.0. The van der Waals surface area contributed by atoms with Crippen LogP contribution in [0.25, 0.3) is 0 Å². The van der Waals surface area contributed by atoms with Gasteiger partial charge in [0.25, 0.3) is 0 Å². The largest absolute Gasteiger partial charge is 0.472 e. The van der Waals surface area contributed by atoms with Crippen molar-refractivity contribution < 1.29 is 37.6 Å². The van der Waals surface area contributed by atoms with Crippen LogP contribution in [0.15, 0.2) is 12.2 Å². The molecule has 9 nitrogen and oxygen atoms in total. The van der Waals surface area contributed by atoms with E-state index in [1.165, 1.54) is 250 Å². The van der Waals surface area contributed by atoms with Gasteiger partial charge in [0.1, 0.15) is 6.61 Å². The third-order valence-electron chi connectivity index (χ3n) is 14.4. The number of carbonyl (C=O) groups excluding carboxylic acids is 2. The summed E-state index contributed by atoms with van der Waals surface area (Å²) >= 11 is 0. The van der Waals surface area contributed by atoms with Crippen molar-refractivity contribution in [3.8, 4) is 0 Å². The molecule has 72 heavy (non-hydrogen) atoms. The first kappa shape index (κ1) is 70.8. The molecule has 0 amide bonds. The molecule has 0 saturated carbocycles. The second-order valence-corrected chi connectivity index (χ2v) is 23.1. The van der Waals surface area contributed by atoms with E-state index in [4.69, 9.17) is 24.3 Å². The van der Waals surface area contributed by atoms with E-state index in [-0.39, 0.29) is 38.6 Å². The fraction of sp³-hybridized carbons (Fsp3) is 0.935. The normalized spacial score (nSPS) is 13.0. The number of unbranched alkanes of at least 4 members (excludes halogenated alkanes) is 46. The molecule has 428 valence electrons. The maximum atomic E-state index is 12.6. The van der Waals surface area contributed by atoms with Crippen molar-refractivity contribution in [2.45, 2.75) is 347 Å². The SMILES string of the molecule is CCC/C=C\CCCCCCCC(=O)OC(COC(=O)CCCCCCCCCCCCCCCCCCCCCCCCCCCCCCCCCCCCCCCCCCC)COP(=O)(O)OCCN. The van der Waals surface area contributed by atoms with Crippen molar-refractivity contribution in [1.82, 2.24) is 0 Å². The number of phosphoric ester groups is 1. The summed E-state index contributed by atoms with van der Waals surface area (Å²) in [4.78, 5) is 35.0. The molecule has 0 radical (unpaired) electrons. The average molecular weight is 1040 g/mol. The number of rotatable bonds is 61. The summed E-state index contributed by atoms with van der Waals surface area (Å²) in [6, 6.07) is 0. The fourth-order valence-electron chi connectivity index (χ4n) is 9.70. The van der Waals surface area contributed by atoms with Crippen LogP contribution in [0.1, 0.15) is 341 Å². The fourth-order valence-corrected chi connectivity index (χ4v) is 10.5. The number of nitrogens with two attached hydrogens (primary N) is 1. The van der Waals surface area contributed by atoms with Crippen LogP contribution in [-0.2, 0) is 32.7 Å². The topological polar surface area (TPSA) is 134 Å². The lowest BCUT2D eigenvalue weighted by Crippen LogP contribution is -2.29. The van der Waals surface area contributed by atoms with Crippen molar-refractivity contribution in [1.29, 1.82) is 0 Å². The Morgan fingerprint density at radius 3 is 1.04 bits per heavy atom. The Hall–Kier alpha value is -1.25. The molecule has 0 fully saturated rings. The van der Waals surface area contributed by atoms with Gasteiger partial charge in [0.2, 0.25) is 0 Å². The van der Waals surface area contributed by atoms with Gasteiger partial charge < -0.3 is 20.1 Å². The van der Waals surface area contributed by atoms with E-state index in [1.54, 1.807) is 0 Å². The molecule has 3 N–H and O–H groups in total. The first-order chi connectivity index (χ1) is 35.3. The number of carbonyl (C=O) groups is 2. The van der Waals surface area contributed by atoms with E-state index in [0.29, 0.717) is 6.42 Å². The van der Waals surface area contributed by atoms with Crippen LogP contribution in [0.4, 0.5) is 0 Å². The first-order valence-electron chi connectivity index (χ1n) is 31.7. The Morgan fingerprint density at radius 2 is 0.708 bits per heavy atom. The summed E-state index contributed by atoms with van der Waals surface area (Å²) in [5, 5.41) is 0. The van der Waals surface area contributed by atoms with Crippen LogP contribution in [0.5, 0.6) is 0 Å². The molecule has 0 heterocycles. The van der Waals surface area contributed by atoms with Crippen LogP contribution in [0.3, 0.4) is 0 Å². The molecule has 0 aromatic rings. The van der Waals surface area contributed by atoms with Gasteiger partial charge in [-0.1, -0.05) is 309 Å². The van der Waals surface area contributed by atoms with Crippen molar-refractivity contribution >= 4 is 19.8 Å². The highest BCUT2D eigenvalue weighted by molar-refractivity contribution is 7.47. The molecule has 10 heteroatoms. The zero-order valence-corrected chi connectivity index (χ0v) is 48.8. The highest BCUT2D eigenvalue weighted by Gasteiger charge is 2.26. The van der Waals surface area contributed by atoms with Crippen molar-refractivity contribution in [3.63, 3.8) is 0 Å². The summed E-state index contributed by atoms with van der Waals surface area (Å²) in [7, 11) is -4.38. The van der Waals surface area contributed by atoms with Crippen LogP contribution in [0.2, 0.25) is 0 Å². The number of allylic oxidation sites excluding steroid dienone is 2. The molecular formula is C62H122NO8P. The van der Waals surface area contributed by atoms with Gasteiger partial charge in [0.05, 0.1) is 13.2 Å². The summed E-state index contributed by atoms with van der Waals surface area (Å²) < 4.78 is 32.9. The van der Waals surface area contributed by atoms with E-state index >= 15 is 0 Å².